The van der Waals surface area contributed by atoms with Gasteiger partial charge in [0.05, 0.1) is 17.3 Å². The highest BCUT2D eigenvalue weighted by atomic mass is 35.5. The van der Waals surface area contributed by atoms with Crippen molar-refractivity contribution in [2.45, 2.75) is 23.8 Å². The molecule has 2 aromatic heterocycles. The summed E-state index contributed by atoms with van der Waals surface area (Å²) in [5.41, 5.74) is 1.91. The van der Waals surface area contributed by atoms with Crippen molar-refractivity contribution < 1.29 is 22.3 Å². The number of hydrogen-bond donors (Lipinski definition) is 2. The average molecular weight is 532 g/mol. The van der Waals surface area contributed by atoms with Gasteiger partial charge in [-0.3, -0.25) is 4.72 Å². The van der Waals surface area contributed by atoms with Crippen molar-refractivity contribution >= 4 is 44.0 Å². The number of anilines is 2. The predicted molar refractivity (Wildman–Crippen MR) is 132 cm³/mol. The van der Waals surface area contributed by atoms with E-state index in [2.05, 4.69) is 24.6 Å². The zero-order chi connectivity index (χ0) is 25.4. The summed E-state index contributed by atoms with van der Waals surface area (Å²) >= 11 is 6.14. The zero-order valence-corrected chi connectivity index (χ0v) is 20.3. The number of aliphatic hydroxyl groups is 1. The second kappa shape index (κ2) is 9.57. The van der Waals surface area contributed by atoms with E-state index in [1.54, 1.807) is 0 Å². The molecule has 0 saturated carbocycles. The Morgan fingerprint density at radius 2 is 1.78 bits per heavy atom. The Morgan fingerprint density at radius 1 is 1.00 bits per heavy atom. The highest BCUT2D eigenvalue weighted by Crippen LogP contribution is 2.33. The number of aromatic nitrogens is 3. The summed E-state index contributed by atoms with van der Waals surface area (Å²) in [6.45, 7) is 1.32. The normalized spacial score (nSPS) is 14.8. The van der Waals surface area contributed by atoms with Gasteiger partial charge < -0.3 is 10.0 Å². The summed E-state index contributed by atoms with van der Waals surface area (Å²) < 4.78 is 55.1. The number of sulfonamides is 1. The Morgan fingerprint density at radius 3 is 2.53 bits per heavy atom. The number of hydrogen-bond acceptors (Lipinski definition) is 7. The van der Waals surface area contributed by atoms with Crippen molar-refractivity contribution in [1.82, 2.24) is 15.0 Å². The van der Waals surface area contributed by atoms with Crippen LogP contribution in [0.4, 0.5) is 20.3 Å². The molecule has 3 heterocycles. The van der Waals surface area contributed by atoms with Crippen LogP contribution in [0.25, 0.3) is 22.0 Å². The average Bonchev–Trinajstić information content (AvgIpc) is 2.85. The van der Waals surface area contributed by atoms with Crippen LogP contribution < -0.4 is 9.62 Å². The molecule has 4 aromatic rings. The fraction of sp³-hybridized carbons (Fsp3) is 0.208. The Hall–Kier alpha value is -3.41. The second-order valence-electron chi connectivity index (χ2n) is 8.39. The molecule has 0 radical (unpaired) electrons. The second-order valence-corrected chi connectivity index (χ2v) is 10.4. The summed E-state index contributed by atoms with van der Waals surface area (Å²) in [5, 5.41) is 10.5. The van der Waals surface area contributed by atoms with E-state index < -0.39 is 26.6 Å². The summed E-state index contributed by atoms with van der Waals surface area (Å²) in [6, 6.07) is 9.16. The van der Waals surface area contributed by atoms with Crippen LogP contribution in [0, 0.1) is 11.6 Å². The predicted octanol–water partition coefficient (Wildman–Crippen LogP) is 4.39. The van der Waals surface area contributed by atoms with Crippen molar-refractivity contribution in [2.24, 2.45) is 0 Å². The molecular weight excluding hydrogens is 512 g/mol. The molecule has 2 aromatic carbocycles. The third-order valence-electron chi connectivity index (χ3n) is 5.98. The van der Waals surface area contributed by atoms with Crippen LogP contribution in [-0.4, -0.2) is 47.7 Å². The van der Waals surface area contributed by atoms with E-state index in [0.717, 1.165) is 28.9 Å². The Bertz CT molecular complexity index is 1560. The lowest BCUT2D eigenvalue weighted by Gasteiger charge is -2.31. The number of benzene rings is 2. The molecule has 0 amide bonds. The molecule has 1 aliphatic rings. The van der Waals surface area contributed by atoms with Crippen molar-refractivity contribution in [3.05, 3.63) is 71.8 Å². The SMILES string of the molecule is O=S(=O)(Nc1cc(-c2ccc3ncnc(N4CCC(O)CC4)c3c2)cnc1Cl)c1ccc(F)cc1F. The first-order valence-electron chi connectivity index (χ1n) is 11.0. The van der Waals surface area contributed by atoms with Gasteiger partial charge >= 0.3 is 0 Å². The van der Waals surface area contributed by atoms with Gasteiger partial charge in [-0.15, -0.1) is 0 Å². The summed E-state index contributed by atoms with van der Waals surface area (Å²) in [7, 11) is -4.41. The fourth-order valence-corrected chi connectivity index (χ4v) is 5.45. The number of pyridine rings is 1. The number of nitrogens with zero attached hydrogens (tertiary/aromatic N) is 4. The molecule has 0 aliphatic carbocycles. The van der Waals surface area contributed by atoms with Crippen LogP contribution in [0.5, 0.6) is 0 Å². The van der Waals surface area contributed by atoms with Gasteiger partial charge in [-0.2, -0.15) is 0 Å². The van der Waals surface area contributed by atoms with Crippen LogP contribution in [0.1, 0.15) is 12.8 Å². The molecule has 1 saturated heterocycles. The third kappa shape index (κ3) is 4.81. The Kier molecular flexibility index (Phi) is 6.45. The largest absolute Gasteiger partial charge is 0.393 e. The van der Waals surface area contributed by atoms with Crippen molar-refractivity contribution in [3.8, 4) is 11.1 Å². The lowest BCUT2D eigenvalue weighted by Crippen LogP contribution is -2.36. The molecule has 36 heavy (non-hydrogen) atoms. The molecule has 2 N–H and O–H groups in total. The smallest absolute Gasteiger partial charge is 0.264 e. The number of halogens is 3. The van der Waals surface area contributed by atoms with Crippen molar-refractivity contribution in [3.63, 3.8) is 0 Å². The Balaban J connectivity index is 1.51. The van der Waals surface area contributed by atoms with Gasteiger partial charge in [0, 0.05) is 36.3 Å². The highest BCUT2D eigenvalue weighted by molar-refractivity contribution is 7.92. The summed E-state index contributed by atoms with van der Waals surface area (Å²) in [5.74, 6) is -1.38. The number of piperidine rings is 1. The molecule has 1 aliphatic heterocycles. The molecule has 0 atom stereocenters. The van der Waals surface area contributed by atoms with Gasteiger partial charge in [0.1, 0.15) is 28.7 Å². The number of rotatable bonds is 5. The third-order valence-corrected chi connectivity index (χ3v) is 7.68. The molecule has 8 nitrogen and oxygen atoms in total. The maximum atomic E-state index is 14.1. The maximum absolute atomic E-state index is 14.1. The highest BCUT2D eigenvalue weighted by Gasteiger charge is 2.23. The van der Waals surface area contributed by atoms with Crippen LogP contribution in [0.15, 0.2) is 59.9 Å². The van der Waals surface area contributed by atoms with Gasteiger partial charge in [0.25, 0.3) is 10.0 Å². The molecule has 186 valence electrons. The minimum atomic E-state index is -4.41. The van der Waals surface area contributed by atoms with Crippen LogP contribution in [0.3, 0.4) is 0 Å². The van der Waals surface area contributed by atoms with Crippen molar-refractivity contribution in [1.29, 1.82) is 0 Å². The minimum absolute atomic E-state index is 0.0625. The first-order chi connectivity index (χ1) is 17.2. The maximum Gasteiger partial charge on any atom is 0.264 e. The van der Waals surface area contributed by atoms with Crippen LogP contribution >= 0.6 is 11.6 Å². The molecule has 0 spiro atoms. The van der Waals surface area contributed by atoms with E-state index in [1.807, 2.05) is 18.2 Å². The first kappa shape index (κ1) is 24.3. The van der Waals surface area contributed by atoms with Gasteiger partial charge in [-0.05, 0) is 48.7 Å². The van der Waals surface area contributed by atoms with Crippen LogP contribution in [0.2, 0.25) is 5.15 Å². The fourth-order valence-electron chi connectivity index (χ4n) is 4.12. The molecule has 12 heteroatoms. The van der Waals surface area contributed by atoms with E-state index in [0.29, 0.717) is 43.1 Å². The molecule has 0 unspecified atom stereocenters. The molecule has 0 bridgehead atoms. The molecule has 5 rings (SSSR count). The van der Waals surface area contributed by atoms with E-state index in [4.69, 9.17) is 11.6 Å². The van der Waals surface area contributed by atoms with Gasteiger partial charge in [0.15, 0.2) is 5.15 Å². The van der Waals surface area contributed by atoms with Crippen molar-refractivity contribution in [2.75, 3.05) is 22.7 Å². The number of fused-ring (bicyclic) bond motifs is 1. The van der Waals surface area contributed by atoms with E-state index >= 15 is 0 Å². The van der Waals surface area contributed by atoms with Gasteiger partial charge in [0.2, 0.25) is 0 Å². The lowest BCUT2D eigenvalue weighted by atomic mass is 10.0. The first-order valence-corrected chi connectivity index (χ1v) is 12.9. The monoisotopic (exact) mass is 531 g/mol. The van der Waals surface area contributed by atoms with E-state index in [1.165, 1.54) is 18.6 Å². The van der Waals surface area contributed by atoms with E-state index in [-0.39, 0.29) is 16.9 Å². The van der Waals surface area contributed by atoms with E-state index in [9.17, 15) is 22.3 Å². The van der Waals surface area contributed by atoms with Gasteiger partial charge in [-0.25, -0.2) is 32.2 Å². The topological polar surface area (TPSA) is 108 Å². The standard InChI is InChI=1S/C24H20ClF2N5O3S/c25-23-21(31-36(34,35)22-4-2-16(26)11-19(22)27)10-15(12-28-23)14-1-3-20-18(9-14)24(30-13-29-20)32-7-5-17(33)6-8-32/h1-4,9-13,17,31,33H,5-8H2. The number of aliphatic hydroxyl groups excluding tert-OH is 1. The summed E-state index contributed by atoms with van der Waals surface area (Å²) in [4.78, 5) is 14.3. The number of nitrogens with one attached hydrogen (secondary N) is 1. The molecular formula is C24H20ClF2N5O3S. The van der Waals surface area contributed by atoms with Gasteiger partial charge in [-0.1, -0.05) is 17.7 Å². The minimum Gasteiger partial charge on any atom is -0.393 e. The zero-order valence-electron chi connectivity index (χ0n) is 18.7. The lowest BCUT2D eigenvalue weighted by molar-refractivity contribution is 0.145. The van der Waals surface area contributed by atoms with Crippen LogP contribution in [-0.2, 0) is 10.0 Å². The quantitative estimate of drug-likeness (QED) is 0.368. The molecule has 1 fully saturated rings. The summed E-state index contributed by atoms with van der Waals surface area (Å²) in [6.07, 6.45) is 3.94. The Labute approximate surface area is 210 Å².